The van der Waals surface area contributed by atoms with Crippen molar-refractivity contribution in [2.45, 2.75) is 44.4 Å². The van der Waals surface area contributed by atoms with Gasteiger partial charge in [-0.15, -0.1) is 0 Å². The molecule has 0 aromatic carbocycles. The van der Waals surface area contributed by atoms with Gasteiger partial charge >= 0.3 is 6.16 Å². The molecular weight excluding hydrogens is 237 g/mol. The second-order valence-electron chi connectivity index (χ2n) is 5.01. The number of rotatable bonds is 2. The van der Waals surface area contributed by atoms with Crippen molar-refractivity contribution in [3.8, 4) is 0 Å². The summed E-state index contributed by atoms with van der Waals surface area (Å²) in [4.78, 5) is 13.8. The van der Waals surface area contributed by atoms with E-state index in [1.54, 1.807) is 6.08 Å². The van der Waals surface area contributed by atoms with E-state index in [1.165, 1.54) is 0 Å². The smallest absolute Gasteiger partial charge is 0.431 e. The maximum absolute atomic E-state index is 12.9. The van der Waals surface area contributed by atoms with Crippen molar-refractivity contribution in [2.75, 3.05) is 20.1 Å². The number of piperidine rings is 1. The molecule has 1 unspecified atom stereocenters. The molecule has 0 amide bonds. The molecule has 1 saturated heterocycles. The van der Waals surface area contributed by atoms with Gasteiger partial charge in [-0.1, -0.05) is 0 Å². The number of nitrogens with zero attached hydrogens (tertiary/aromatic N) is 1. The Morgan fingerprint density at radius 1 is 1.39 bits per heavy atom. The lowest BCUT2D eigenvalue weighted by Gasteiger charge is -2.28. The number of allylic oxidation sites excluding steroid dienone is 2. The molecule has 0 N–H and O–H groups in total. The minimum atomic E-state index is -0.803. The zero-order valence-corrected chi connectivity index (χ0v) is 10.7. The summed E-state index contributed by atoms with van der Waals surface area (Å²) in [7, 11) is 2.05. The van der Waals surface area contributed by atoms with Gasteiger partial charge in [0.25, 0.3) is 0 Å². The lowest BCUT2D eigenvalue weighted by molar-refractivity contribution is 0.0135. The Hall–Kier alpha value is -1.10. The van der Waals surface area contributed by atoms with Crippen molar-refractivity contribution in [3.63, 3.8) is 0 Å². The van der Waals surface area contributed by atoms with Gasteiger partial charge in [-0.25, -0.2) is 9.18 Å². The summed E-state index contributed by atoms with van der Waals surface area (Å²) in [5, 5.41) is 0. The number of carbonyl (C=O) groups is 1. The van der Waals surface area contributed by atoms with Crippen LogP contribution in [0.1, 0.15) is 32.1 Å². The van der Waals surface area contributed by atoms with E-state index in [2.05, 4.69) is 11.9 Å². The number of hydrogen-bond acceptors (Lipinski definition) is 4. The fourth-order valence-electron chi connectivity index (χ4n) is 2.24. The number of alkyl halides is 1. The maximum Gasteiger partial charge on any atom is 0.513 e. The molecule has 2 aliphatic rings. The summed E-state index contributed by atoms with van der Waals surface area (Å²) < 4.78 is 23.2. The zero-order chi connectivity index (χ0) is 13.0. The highest BCUT2D eigenvalue weighted by Gasteiger charge is 2.22. The summed E-state index contributed by atoms with van der Waals surface area (Å²) >= 11 is 0. The quantitative estimate of drug-likeness (QED) is 0.713. The van der Waals surface area contributed by atoms with E-state index in [-0.39, 0.29) is 6.10 Å². The molecule has 1 aliphatic carbocycles. The Morgan fingerprint density at radius 2 is 2.11 bits per heavy atom. The minimum absolute atomic E-state index is 0.0492. The van der Waals surface area contributed by atoms with Gasteiger partial charge in [0.2, 0.25) is 0 Å². The largest absolute Gasteiger partial charge is 0.513 e. The van der Waals surface area contributed by atoms with Crippen LogP contribution in [0.2, 0.25) is 0 Å². The van der Waals surface area contributed by atoms with Crippen LogP contribution in [-0.2, 0) is 9.47 Å². The second kappa shape index (κ2) is 6.18. The van der Waals surface area contributed by atoms with Crippen LogP contribution in [0.25, 0.3) is 0 Å². The first-order valence-corrected chi connectivity index (χ1v) is 6.53. The summed E-state index contributed by atoms with van der Waals surface area (Å²) in [6.07, 6.45) is 3.06. The van der Waals surface area contributed by atoms with Gasteiger partial charge in [0.15, 0.2) is 0 Å². The lowest BCUT2D eigenvalue weighted by atomic mass is 10.0. The van der Waals surface area contributed by atoms with Crippen LogP contribution in [0.4, 0.5) is 9.18 Å². The van der Waals surface area contributed by atoms with Gasteiger partial charge in [0.1, 0.15) is 18.0 Å². The average molecular weight is 257 g/mol. The number of halogens is 1. The van der Waals surface area contributed by atoms with Gasteiger partial charge < -0.3 is 14.4 Å². The molecule has 102 valence electrons. The summed E-state index contributed by atoms with van der Waals surface area (Å²) in [6.45, 7) is 1.87. The molecule has 1 atom stereocenters. The SMILES string of the molecule is CN1CCC(OC(=O)OC2=CCC(F)CC2)CC1. The molecule has 0 bridgehead atoms. The summed E-state index contributed by atoms with van der Waals surface area (Å²) in [5.41, 5.74) is 0. The van der Waals surface area contributed by atoms with E-state index < -0.39 is 12.3 Å². The molecule has 2 rings (SSSR count). The molecule has 0 radical (unpaired) electrons. The third-order valence-electron chi connectivity index (χ3n) is 3.45. The number of hydrogen-bond donors (Lipinski definition) is 0. The van der Waals surface area contributed by atoms with Gasteiger partial charge in [0, 0.05) is 25.9 Å². The van der Waals surface area contributed by atoms with Gasteiger partial charge in [-0.3, -0.25) is 0 Å². The minimum Gasteiger partial charge on any atom is -0.431 e. The molecule has 0 aromatic heterocycles. The molecule has 0 aromatic rings. The highest BCUT2D eigenvalue weighted by Crippen LogP contribution is 2.22. The normalized spacial score (nSPS) is 26.6. The van der Waals surface area contributed by atoms with E-state index in [9.17, 15) is 9.18 Å². The predicted molar refractivity (Wildman–Crippen MR) is 64.9 cm³/mol. The fourth-order valence-corrected chi connectivity index (χ4v) is 2.24. The van der Waals surface area contributed by atoms with Crippen molar-refractivity contribution in [1.82, 2.24) is 4.90 Å². The number of likely N-dealkylation sites (tertiary alicyclic amines) is 1. The Labute approximate surface area is 107 Å². The third-order valence-corrected chi connectivity index (χ3v) is 3.45. The van der Waals surface area contributed by atoms with Crippen molar-refractivity contribution in [2.24, 2.45) is 0 Å². The highest BCUT2D eigenvalue weighted by atomic mass is 19.1. The molecule has 0 spiro atoms. The second-order valence-corrected chi connectivity index (χ2v) is 5.01. The van der Waals surface area contributed by atoms with E-state index in [0.717, 1.165) is 25.9 Å². The molecule has 0 saturated carbocycles. The molecule has 18 heavy (non-hydrogen) atoms. The Kier molecular flexibility index (Phi) is 4.58. The van der Waals surface area contributed by atoms with Crippen LogP contribution in [0.15, 0.2) is 11.8 Å². The first-order chi connectivity index (χ1) is 8.63. The van der Waals surface area contributed by atoms with Crippen LogP contribution in [0.5, 0.6) is 0 Å². The van der Waals surface area contributed by atoms with Crippen molar-refractivity contribution >= 4 is 6.16 Å². The Bertz CT molecular complexity index is 324. The lowest BCUT2D eigenvalue weighted by Crippen LogP contribution is -2.35. The first kappa shape index (κ1) is 13.3. The molecule has 5 heteroatoms. The van der Waals surface area contributed by atoms with E-state index >= 15 is 0 Å². The number of carbonyl (C=O) groups excluding carboxylic acids is 1. The molecular formula is C13H20FNO3. The molecule has 1 fully saturated rings. The van der Waals surface area contributed by atoms with E-state index in [4.69, 9.17) is 9.47 Å². The van der Waals surface area contributed by atoms with Gasteiger partial charge in [-0.05, 0) is 32.4 Å². The maximum atomic E-state index is 12.9. The van der Waals surface area contributed by atoms with Crippen LogP contribution < -0.4 is 0 Å². The Morgan fingerprint density at radius 3 is 2.72 bits per heavy atom. The Balaban J connectivity index is 1.72. The third kappa shape index (κ3) is 3.98. The van der Waals surface area contributed by atoms with Gasteiger partial charge in [-0.2, -0.15) is 0 Å². The number of ether oxygens (including phenoxy) is 2. The summed E-state index contributed by atoms with van der Waals surface area (Å²) in [6, 6.07) is 0. The van der Waals surface area contributed by atoms with Crippen LogP contribution in [-0.4, -0.2) is 43.5 Å². The standard InChI is InChI=1S/C13H20FNO3/c1-15-8-6-12(7-9-15)18-13(16)17-11-4-2-10(14)3-5-11/h4,10,12H,2-3,5-9H2,1H3. The highest BCUT2D eigenvalue weighted by molar-refractivity contribution is 5.61. The van der Waals surface area contributed by atoms with Crippen molar-refractivity contribution in [3.05, 3.63) is 11.8 Å². The van der Waals surface area contributed by atoms with Crippen molar-refractivity contribution < 1.29 is 18.7 Å². The van der Waals surface area contributed by atoms with Gasteiger partial charge in [0.05, 0.1) is 0 Å². The average Bonchev–Trinajstić information content (AvgIpc) is 2.35. The monoisotopic (exact) mass is 257 g/mol. The van der Waals surface area contributed by atoms with Crippen molar-refractivity contribution in [1.29, 1.82) is 0 Å². The topological polar surface area (TPSA) is 38.8 Å². The molecule has 1 heterocycles. The van der Waals surface area contributed by atoms with E-state index in [0.29, 0.717) is 25.0 Å². The van der Waals surface area contributed by atoms with Crippen LogP contribution >= 0.6 is 0 Å². The molecule has 4 nitrogen and oxygen atoms in total. The fraction of sp³-hybridized carbons (Fsp3) is 0.769. The summed E-state index contributed by atoms with van der Waals surface area (Å²) in [5.74, 6) is 0.543. The zero-order valence-electron chi connectivity index (χ0n) is 10.7. The predicted octanol–water partition coefficient (Wildman–Crippen LogP) is 2.64. The van der Waals surface area contributed by atoms with Crippen LogP contribution in [0.3, 0.4) is 0 Å². The first-order valence-electron chi connectivity index (χ1n) is 6.53. The van der Waals surface area contributed by atoms with E-state index in [1.807, 2.05) is 0 Å². The molecule has 1 aliphatic heterocycles. The van der Waals surface area contributed by atoms with Crippen LogP contribution in [0, 0.1) is 0 Å².